The predicted octanol–water partition coefficient (Wildman–Crippen LogP) is 3.59. The lowest BCUT2D eigenvalue weighted by Gasteiger charge is -2.26. The van der Waals surface area contributed by atoms with E-state index in [1.807, 2.05) is 29.2 Å². The van der Waals surface area contributed by atoms with E-state index in [1.54, 1.807) is 12.1 Å². The van der Waals surface area contributed by atoms with Gasteiger partial charge in [-0.2, -0.15) is 0 Å². The summed E-state index contributed by atoms with van der Waals surface area (Å²) in [5.41, 5.74) is 3.81. The van der Waals surface area contributed by atoms with Crippen LogP contribution in [0.3, 0.4) is 0 Å². The SMILES string of the molecule is CCN(C)Cc1cccc(CNC(=O)c2ccc(N3CCCCC3=O)cc2)c1. The predicted molar refractivity (Wildman–Crippen MR) is 112 cm³/mol. The van der Waals surface area contributed by atoms with Crippen LogP contribution in [0, 0.1) is 0 Å². The smallest absolute Gasteiger partial charge is 0.251 e. The number of rotatable bonds is 7. The molecule has 5 heteroatoms. The first-order chi connectivity index (χ1) is 13.6. The standard InChI is InChI=1S/C23H29N3O2/c1-3-25(2)17-19-8-6-7-18(15-19)16-24-23(28)20-10-12-21(13-11-20)26-14-5-4-9-22(26)27/h6-8,10-13,15H,3-5,9,14,16-17H2,1-2H3,(H,24,28). The fraction of sp³-hybridized carbons (Fsp3) is 0.391. The molecule has 0 radical (unpaired) electrons. The second-order valence-corrected chi connectivity index (χ2v) is 7.38. The summed E-state index contributed by atoms with van der Waals surface area (Å²) in [6, 6.07) is 15.6. The van der Waals surface area contributed by atoms with E-state index < -0.39 is 0 Å². The summed E-state index contributed by atoms with van der Waals surface area (Å²) in [5.74, 6) is 0.0599. The van der Waals surface area contributed by atoms with Crippen molar-refractivity contribution in [2.45, 2.75) is 39.3 Å². The molecule has 0 aliphatic carbocycles. The second kappa shape index (κ2) is 9.51. The Balaban J connectivity index is 1.58. The van der Waals surface area contributed by atoms with Crippen LogP contribution in [0.4, 0.5) is 5.69 Å². The van der Waals surface area contributed by atoms with Gasteiger partial charge in [-0.1, -0.05) is 31.2 Å². The highest BCUT2D eigenvalue weighted by Gasteiger charge is 2.19. The monoisotopic (exact) mass is 379 g/mol. The van der Waals surface area contributed by atoms with E-state index in [9.17, 15) is 9.59 Å². The average Bonchev–Trinajstić information content (AvgIpc) is 2.73. The first kappa shape index (κ1) is 20.1. The van der Waals surface area contributed by atoms with Gasteiger partial charge in [-0.25, -0.2) is 0 Å². The van der Waals surface area contributed by atoms with Crippen LogP contribution in [0.1, 0.15) is 47.7 Å². The number of nitrogens with zero attached hydrogens (tertiary/aromatic N) is 2. The Labute approximate surface area is 167 Å². The van der Waals surface area contributed by atoms with Crippen molar-refractivity contribution < 1.29 is 9.59 Å². The fourth-order valence-electron chi connectivity index (χ4n) is 3.42. The molecule has 1 aliphatic rings. The third kappa shape index (κ3) is 5.20. The first-order valence-corrected chi connectivity index (χ1v) is 10.0. The van der Waals surface area contributed by atoms with Gasteiger partial charge in [0.1, 0.15) is 0 Å². The van der Waals surface area contributed by atoms with Crippen molar-refractivity contribution in [3.05, 3.63) is 65.2 Å². The highest BCUT2D eigenvalue weighted by Crippen LogP contribution is 2.21. The van der Waals surface area contributed by atoms with Crippen molar-refractivity contribution in [2.24, 2.45) is 0 Å². The van der Waals surface area contributed by atoms with Crippen molar-refractivity contribution in [3.63, 3.8) is 0 Å². The Kier molecular flexibility index (Phi) is 6.82. The molecule has 0 bridgehead atoms. The van der Waals surface area contributed by atoms with Crippen LogP contribution in [-0.2, 0) is 17.9 Å². The summed E-state index contributed by atoms with van der Waals surface area (Å²) in [6.07, 6.45) is 2.60. The van der Waals surface area contributed by atoms with Gasteiger partial charge in [0.2, 0.25) is 5.91 Å². The van der Waals surface area contributed by atoms with E-state index in [0.717, 1.165) is 43.7 Å². The lowest BCUT2D eigenvalue weighted by atomic mass is 10.1. The molecule has 1 N–H and O–H groups in total. The van der Waals surface area contributed by atoms with Crippen molar-refractivity contribution >= 4 is 17.5 Å². The molecule has 0 spiro atoms. The maximum absolute atomic E-state index is 12.5. The third-order valence-electron chi connectivity index (χ3n) is 5.20. The molecule has 3 rings (SSSR count). The second-order valence-electron chi connectivity index (χ2n) is 7.38. The molecule has 0 saturated carbocycles. The molecule has 0 unspecified atom stereocenters. The fourth-order valence-corrected chi connectivity index (χ4v) is 3.42. The van der Waals surface area contributed by atoms with Crippen molar-refractivity contribution in [1.82, 2.24) is 10.2 Å². The zero-order valence-corrected chi connectivity index (χ0v) is 16.8. The minimum Gasteiger partial charge on any atom is -0.348 e. The molecule has 1 saturated heterocycles. The highest BCUT2D eigenvalue weighted by atomic mass is 16.2. The number of nitrogens with one attached hydrogen (secondary N) is 1. The number of hydrogen-bond donors (Lipinski definition) is 1. The van der Waals surface area contributed by atoms with Gasteiger partial charge in [-0.15, -0.1) is 0 Å². The highest BCUT2D eigenvalue weighted by molar-refractivity contribution is 5.96. The Morgan fingerprint density at radius 1 is 1.11 bits per heavy atom. The Morgan fingerprint density at radius 3 is 2.57 bits per heavy atom. The summed E-state index contributed by atoms with van der Waals surface area (Å²) >= 11 is 0. The molecule has 1 fully saturated rings. The van der Waals surface area contributed by atoms with Crippen LogP contribution in [0.25, 0.3) is 0 Å². The van der Waals surface area contributed by atoms with Crippen LogP contribution in [0.15, 0.2) is 48.5 Å². The maximum Gasteiger partial charge on any atom is 0.251 e. The van der Waals surface area contributed by atoms with Crippen LogP contribution in [-0.4, -0.2) is 36.9 Å². The van der Waals surface area contributed by atoms with Crippen LogP contribution in [0.5, 0.6) is 0 Å². The average molecular weight is 380 g/mol. The van der Waals surface area contributed by atoms with Crippen molar-refractivity contribution in [3.8, 4) is 0 Å². The number of piperidine rings is 1. The molecule has 2 amide bonds. The summed E-state index contributed by atoms with van der Waals surface area (Å²) in [7, 11) is 2.09. The summed E-state index contributed by atoms with van der Waals surface area (Å²) in [4.78, 5) is 28.6. The molecule has 2 aromatic carbocycles. The van der Waals surface area contributed by atoms with Gasteiger partial charge in [0.15, 0.2) is 0 Å². The number of carbonyl (C=O) groups is 2. The Hall–Kier alpha value is -2.66. The Morgan fingerprint density at radius 2 is 1.86 bits per heavy atom. The molecule has 0 aromatic heterocycles. The van der Waals surface area contributed by atoms with Crippen molar-refractivity contribution in [2.75, 3.05) is 25.0 Å². The van der Waals surface area contributed by atoms with Gasteiger partial charge < -0.3 is 15.1 Å². The molecular formula is C23H29N3O2. The summed E-state index contributed by atoms with van der Waals surface area (Å²) < 4.78 is 0. The number of benzene rings is 2. The molecule has 148 valence electrons. The molecule has 1 aliphatic heterocycles. The van der Waals surface area contributed by atoms with Gasteiger partial charge in [-0.05, 0) is 61.8 Å². The minimum absolute atomic E-state index is 0.104. The quantitative estimate of drug-likeness (QED) is 0.800. The molecule has 28 heavy (non-hydrogen) atoms. The number of carbonyl (C=O) groups excluding carboxylic acids is 2. The van der Waals surface area contributed by atoms with Gasteiger partial charge in [0, 0.05) is 37.3 Å². The molecular weight excluding hydrogens is 350 g/mol. The maximum atomic E-state index is 12.5. The van der Waals surface area contributed by atoms with Crippen LogP contribution >= 0.6 is 0 Å². The number of hydrogen-bond acceptors (Lipinski definition) is 3. The molecule has 0 atom stereocenters. The largest absolute Gasteiger partial charge is 0.348 e. The lowest BCUT2D eigenvalue weighted by molar-refractivity contribution is -0.119. The third-order valence-corrected chi connectivity index (χ3v) is 5.20. The molecule has 2 aromatic rings. The van der Waals surface area contributed by atoms with Gasteiger partial charge in [0.25, 0.3) is 5.91 Å². The van der Waals surface area contributed by atoms with E-state index >= 15 is 0 Å². The minimum atomic E-state index is -0.104. The van der Waals surface area contributed by atoms with E-state index in [2.05, 4.69) is 36.3 Å². The van der Waals surface area contributed by atoms with E-state index in [0.29, 0.717) is 18.5 Å². The van der Waals surface area contributed by atoms with E-state index in [1.165, 1.54) is 5.56 Å². The van der Waals surface area contributed by atoms with E-state index in [-0.39, 0.29) is 11.8 Å². The van der Waals surface area contributed by atoms with Gasteiger partial charge in [0.05, 0.1) is 0 Å². The van der Waals surface area contributed by atoms with Crippen LogP contribution in [0.2, 0.25) is 0 Å². The normalized spacial score (nSPS) is 14.4. The zero-order valence-electron chi connectivity index (χ0n) is 16.8. The van der Waals surface area contributed by atoms with Crippen LogP contribution < -0.4 is 10.2 Å². The molecule has 5 nitrogen and oxygen atoms in total. The van der Waals surface area contributed by atoms with Gasteiger partial charge in [-0.3, -0.25) is 9.59 Å². The topological polar surface area (TPSA) is 52.7 Å². The first-order valence-electron chi connectivity index (χ1n) is 10.0. The van der Waals surface area contributed by atoms with E-state index in [4.69, 9.17) is 0 Å². The molecule has 1 heterocycles. The summed E-state index contributed by atoms with van der Waals surface area (Å²) in [6.45, 7) is 5.29. The van der Waals surface area contributed by atoms with Gasteiger partial charge >= 0.3 is 0 Å². The lowest BCUT2D eigenvalue weighted by Crippen LogP contribution is -2.35. The summed E-state index contributed by atoms with van der Waals surface area (Å²) in [5, 5.41) is 2.98. The van der Waals surface area contributed by atoms with Crippen molar-refractivity contribution in [1.29, 1.82) is 0 Å². The Bertz CT molecular complexity index is 817. The number of amides is 2. The number of anilines is 1. The zero-order chi connectivity index (χ0) is 19.9.